The lowest BCUT2D eigenvalue weighted by molar-refractivity contribution is 0.0423. The minimum Gasteiger partial charge on any atom is -0.393 e. The van der Waals surface area contributed by atoms with Crippen molar-refractivity contribution in [2.45, 2.75) is 50.4 Å². The van der Waals surface area contributed by atoms with Gasteiger partial charge in [-0.1, -0.05) is 6.42 Å². The number of hydrogen-bond donors (Lipinski definition) is 1. The Morgan fingerprint density at radius 3 is 2.71 bits per heavy atom. The summed E-state index contributed by atoms with van der Waals surface area (Å²) in [5.41, 5.74) is 0. The molecule has 3 unspecified atom stereocenters. The van der Waals surface area contributed by atoms with E-state index in [0.717, 1.165) is 19.3 Å². The van der Waals surface area contributed by atoms with Crippen molar-refractivity contribution >= 4 is 9.84 Å². The Kier molecular flexibility index (Phi) is 5.89. The number of sulfone groups is 1. The highest BCUT2D eigenvalue weighted by Crippen LogP contribution is 2.31. The molecule has 1 fully saturated rings. The monoisotopic (exact) mass is 264 g/mol. The highest BCUT2D eigenvalue weighted by atomic mass is 32.2. The van der Waals surface area contributed by atoms with Crippen LogP contribution in [0.15, 0.2) is 0 Å². The second-order valence-electron chi connectivity index (χ2n) is 4.93. The number of aliphatic hydroxyl groups excluding tert-OH is 1. The number of ether oxygens (including phenoxy) is 1. The average Bonchev–Trinajstić information content (AvgIpc) is 2.28. The first-order valence-electron chi connectivity index (χ1n) is 6.39. The summed E-state index contributed by atoms with van der Waals surface area (Å²) < 4.78 is 28.2. The molecule has 4 nitrogen and oxygen atoms in total. The van der Waals surface area contributed by atoms with E-state index in [1.165, 1.54) is 6.26 Å². The first-order chi connectivity index (χ1) is 7.95. The fourth-order valence-electron chi connectivity index (χ4n) is 2.50. The Bertz CT molecular complexity index is 312. The summed E-state index contributed by atoms with van der Waals surface area (Å²) in [4.78, 5) is 0. The fourth-order valence-corrected chi connectivity index (χ4v) is 3.70. The summed E-state index contributed by atoms with van der Waals surface area (Å²) in [5.74, 6) is 0.115. The summed E-state index contributed by atoms with van der Waals surface area (Å²) in [7, 11) is -2.96. The highest BCUT2D eigenvalue weighted by Gasteiger charge is 2.32. The molecule has 0 aliphatic heterocycles. The van der Waals surface area contributed by atoms with Crippen LogP contribution in [-0.4, -0.2) is 44.3 Å². The maximum Gasteiger partial charge on any atom is 0.150 e. The zero-order chi connectivity index (χ0) is 12.9. The second kappa shape index (κ2) is 6.71. The second-order valence-corrected chi connectivity index (χ2v) is 7.26. The lowest BCUT2D eigenvalue weighted by atomic mass is 9.84. The van der Waals surface area contributed by atoms with E-state index < -0.39 is 15.9 Å². The Hall–Kier alpha value is -0.130. The van der Waals surface area contributed by atoms with Gasteiger partial charge in [0.1, 0.15) is 9.84 Å². The largest absolute Gasteiger partial charge is 0.393 e. The Morgan fingerprint density at radius 1 is 1.41 bits per heavy atom. The normalized spacial score (nSPS) is 27.9. The average molecular weight is 264 g/mol. The van der Waals surface area contributed by atoms with Crippen LogP contribution in [-0.2, 0) is 14.6 Å². The van der Waals surface area contributed by atoms with E-state index in [-0.39, 0.29) is 11.2 Å². The molecule has 0 spiro atoms. The third kappa shape index (κ3) is 4.94. The molecule has 17 heavy (non-hydrogen) atoms. The van der Waals surface area contributed by atoms with Gasteiger partial charge in [-0.2, -0.15) is 0 Å². The van der Waals surface area contributed by atoms with Crippen LogP contribution < -0.4 is 0 Å². The van der Waals surface area contributed by atoms with E-state index in [4.69, 9.17) is 4.74 Å². The van der Waals surface area contributed by atoms with Gasteiger partial charge in [0.15, 0.2) is 0 Å². The lowest BCUT2D eigenvalue weighted by Crippen LogP contribution is -2.33. The molecular formula is C12H24O4S. The van der Waals surface area contributed by atoms with Crippen molar-refractivity contribution in [2.75, 3.05) is 19.5 Å². The van der Waals surface area contributed by atoms with E-state index in [2.05, 4.69) is 0 Å². The van der Waals surface area contributed by atoms with E-state index in [1.54, 1.807) is 0 Å². The standard InChI is InChI=1S/C12H24O4S/c1-3-16-8-7-12(13)10-5-4-6-11(9-10)17(2,14)15/h10-13H,3-9H2,1-2H3. The van der Waals surface area contributed by atoms with Crippen LogP contribution >= 0.6 is 0 Å². The maximum absolute atomic E-state index is 11.5. The number of rotatable bonds is 6. The molecule has 0 amide bonds. The summed E-state index contributed by atoms with van der Waals surface area (Å²) in [6.07, 6.45) is 4.65. The molecule has 1 N–H and O–H groups in total. The Morgan fingerprint density at radius 2 is 2.12 bits per heavy atom. The van der Waals surface area contributed by atoms with Crippen molar-refractivity contribution in [3.63, 3.8) is 0 Å². The van der Waals surface area contributed by atoms with Crippen LogP contribution in [0.4, 0.5) is 0 Å². The first-order valence-corrected chi connectivity index (χ1v) is 8.35. The van der Waals surface area contributed by atoms with Crippen LogP contribution in [0, 0.1) is 5.92 Å². The number of aliphatic hydroxyl groups is 1. The molecule has 0 radical (unpaired) electrons. The minimum atomic E-state index is -2.96. The number of hydrogen-bond acceptors (Lipinski definition) is 4. The zero-order valence-corrected chi connectivity index (χ0v) is 11.6. The van der Waals surface area contributed by atoms with Gasteiger partial charge < -0.3 is 9.84 Å². The van der Waals surface area contributed by atoms with Crippen LogP contribution in [0.25, 0.3) is 0 Å². The molecule has 0 aromatic heterocycles. The SMILES string of the molecule is CCOCCC(O)C1CCCC(S(C)(=O)=O)C1. The van der Waals surface area contributed by atoms with Crippen LogP contribution in [0.5, 0.6) is 0 Å². The topological polar surface area (TPSA) is 63.6 Å². The van der Waals surface area contributed by atoms with Gasteiger partial charge in [0.05, 0.1) is 11.4 Å². The Balaban J connectivity index is 2.43. The van der Waals surface area contributed by atoms with Gasteiger partial charge in [-0.25, -0.2) is 8.42 Å². The summed E-state index contributed by atoms with van der Waals surface area (Å²) in [5, 5.41) is 9.75. The van der Waals surface area contributed by atoms with Gasteiger partial charge in [0, 0.05) is 19.5 Å². The third-order valence-electron chi connectivity index (χ3n) is 3.58. The van der Waals surface area contributed by atoms with Crippen molar-refractivity contribution in [1.82, 2.24) is 0 Å². The fraction of sp³-hybridized carbons (Fsp3) is 1.00. The van der Waals surface area contributed by atoms with Gasteiger partial charge >= 0.3 is 0 Å². The van der Waals surface area contributed by atoms with Crippen molar-refractivity contribution in [2.24, 2.45) is 5.92 Å². The molecule has 0 aromatic carbocycles. The quantitative estimate of drug-likeness (QED) is 0.736. The van der Waals surface area contributed by atoms with Crippen molar-refractivity contribution < 1.29 is 18.3 Å². The summed E-state index contributed by atoms with van der Waals surface area (Å²) in [6.45, 7) is 3.13. The molecule has 3 atom stereocenters. The van der Waals surface area contributed by atoms with Gasteiger partial charge in [-0.3, -0.25) is 0 Å². The smallest absolute Gasteiger partial charge is 0.150 e. The first kappa shape index (κ1) is 14.9. The summed E-state index contributed by atoms with van der Waals surface area (Å²) in [6, 6.07) is 0. The van der Waals surface area contributed by atoms with Gasteiger partial charge in [0.25, 0.3) is 0 Å². The molecule has 1 aliphatic carbocycles. The van der Waals surface area contributed by atoms with Crippen LogP contribution in [0.1, 0.15) is 39.0 Å². The van der Waals surface area contributed by atoms with Gasteiger partial charge in [0.2, 0.25) is 0 Å². The van der Waals surface area contributed by atoms with Gasteiger partial charge in [-0.05, 0) is 38.5 Å². The maximum atomic E-state index is 11.5. The van der Waals surface area contributed by atoms with E-state index in [0.29, 0.717) is 26.1 Å². The van der Waals surface area contributed by atoms with Crippen LogP contribution in [0.2, 0.25) is 0 Å². The van der Waals surface area contributed by atoms with E-state index >= 15 is 0 Å². The molecule has 1 aliphatic rings. The minimum absolute atomic E-state index is 0.115. The molecule has 0 saturated heterocycles. The molecule has 0 heterocycles. The highest BCUT2D eigenvalue weighted by molar-refractivity contribution is 7.91. The van der Waals surface area contributed by atoms with E-state index in [9.17, 15) is 13.5 Å². The van der Waals surface area contributed by atoms with E-state index in [1.807, 2.05) is 6.92 Å². The molecular weight excluding hydrogens is 240 g/mol. The zero-order valence-electron chi connectivity index (χ0n) is 10.8. The summed E-state index contributed by atoms with van der Waals surface area (Å²) >= 11 is 0. The predicted molar refractivity (Wildman–Crippen MR) is 67.7 cm³/mol. The third-order valence-corrected chi connectivity index (χ3v) is 5.22. The molecule has 1 saturated carbocycles. The van der Waals surface area contributed by atoms with Crippen molar-refractivity contribution in [1.29, 1.82) is 0 Å². The predicted octanol–water partition coefficient (Wildman–Crippen LogP) is 1.38. The van der Waals surface area contributed by atoms with Crippen molar-refractivity contribution in [3.8, 4) is 0 Å². The van der Waals surface area contributed by atoms with Crippen molar-refractivity contribution in [3.05, 3.63) is 0 Å². The lowest BCUT2D eigenvalue weighted by Gasteiger charge is -2.31. The molecule has 1 rings (SSSR count). The Labute approximate surface area is 104 Å². The molecule has 102 valence electrons. The molecule has 5 heteroatoms. The van der Waals surface area contributed by atoms with Crippen LogP contribution in [0.3, 0.4) is 0 Å². The van der Waals surface area contributed by atoms with Gasteiger partial charge in [-0.15, -0.1) is 0 Å². The molecule has 0 bridgehead atoms. The molecule has 0 aromatic rings.